The van der Waals surface area contributed by atoms with Crippen molar-refractivity contribution in [2.75, 3.05) is 0 Å². The van der Waals surface area contributed by atoms with E-state index < -0.39 is 0 Å². The van der Waals surface area contributed by atoms with Gasteiger partial charge < -0.3 is 38.3 Å². The zero-order valence-corrected chi connectivity index (χ0v) is 14.3. The molecule has 0 aliphatic carbocycles. The molecule has 0 aliphatic heterocycles. The van der Waals surface area contributed by atoms with Gasteiger partial charge in [0.25, 0.3) is 0 Å². The summed E-state index contributed by atoms with van der Waals surface area (Å²) in [6.45, 7) is 2.02. The van der Waals surface area contributed by atoms with Crippen LogP contribution in [0.5, 0.6) is 0 Å². The van der Waals surface area contributed by atoms with Gasteiger partial charge in [0.05, 0.1) is 0 Å². The molecule has 23 heavy (non-hydrogen) atoms. The van der Waals surface area contributed by atoms with Crippen molar-refractivity contribution in [1.82, 2.24) is 0 Å². The van der Waals surface area contributed by atoms with E-state index >= 15 is 0 Å². The Morgan fingerprint density at radius 1 is 0.391 bits per heavy atom. The minimum atomic E-state index is 0. The number of aryl methyl sites for hydroxylation is 2. The van der Waals surface area contributed by atoms with Crippen LogP contribution in [0.2, 0.25) is 0 Å². The SMILES string of the molecule is [Cr+6].[Cr+6].[O-2].[O-2].[O-2].[O-2].[O-2].[O-2].[O-2].c1cc[n+](CC[n+]2ccccc2)cc1. The second kappa shape index (κ2) is 29.1. The maximum absolute atomic E-state index is 2.18. The Kier molecular flexibility index (Phi) is 62.7. The van der Waals surface area contributed by atoms with Gasteiger partial charge in [0.2, 0.25) is 13.1 Å². The number of aromatic nitrogens is 2. The molecule has 0 radical (unpaired) electrons. The predicted octanol–water partition coefficient (Wildman–Crippen LogP) is 0.125. The number of rotatable bonds is 3. The minimum Gasteiger partial charge on any atom is -2.00 e. The summed E-state index contributed by atoms with van der Waals surface area (Å²) in [6.07, 6.45) is 8.35. The van der Waals surface area contributed by atoms with Crippen molar-refractivity contribution in [3.05, 3.63) is 61.2 Å². The molecule has 0 spiro atoms. The normalized spacial score (nSPS) is 6.09. The fourth-order valence-electron chi connectivity index (χ4n) is 1.40. The molecule has 0 saturated carbocycles. The van der Waals surface area contributed by atoms with Gasteiger partial charge in [-0.3, -0.25) is 0 Å². The first kappa shape index (κ1) is 49.5. The fraction of sp³-hybridized carbons (Fsp3) is 0.167. The van der Waals surface area contributed by atoms with Crippen molar-refractivity contribution in [1.29, 1.82) is 0 Å². The summed E-state index contributed by atoms with van der Waals surface area (Å²) in [4.78, 5) is 0. The van der Waals surface area contributed by atoms with Crippen LogP contribution in [0, 0.1) is 0 Å². The smallest absolute Gasteiger partial charge is 2.00 e. The van der Waals surface area contributed by atoms with Crippen molar-refractivity contribution in [3.8, 4) is 0 Å². The molecule has 2 aromatic rings. The molecule has 0 amide bonds. The van der Waals surface area contributed by atoms with E-state index in [1.165, 1.54) is 0 Å². The standard InChI is InChI=1S/C12H14N2.2Cr.7O/c1-3-7-13(8-4-1)11-12-14-9-5-2-6-10-14;;;;;;;;;/h1-10H,11-12H2;;;;;;;;;/q+2;2*+6;7*-2. The minimum absolute atomic E-state index is 0. The number of hydrogen-bond acceptors (Lipinski definition) is 0. The molecule has 0 aliphatic rings. The Labute approximate surface area is 156 Å². The van der Waals surface area contributed by atoms with Gasteiger partial charge in [0.1, 0.15) is 0 Å². The zero-order chi connectivity index (χ0) is 9.64. The molecule has 126 valence electrons. The second-order valence-electron chi connectivity index (χ2n) is 3.23. The first-order valence-corrected chi connectivity index (χ1v) is 4.83. The van der Waals surface area contributed by atoms with Gasteiger partial charge in [0, 0.05) is 24.3 Å². The first-order valence-electron chi connectivity index (χ1n) is 4.83. The van der Waals surface area contributed by atoms with Crippen molar-refractivity contribution >= 4 is 0 Å². The zero-order valence-electron chi connectivity index (χ0n) is 11.8. The molecule has 2 heterocycles. The van der Waals surface area contributed by atoms with Crippen LogP contribution in [0.3, 0.4) is 0 Å². The molecule has 11 heteroatoms. The van der Waals surface area contributed by atoms with Crippen molar-refractivity contribution in [2.24, 2.45) is 0 Å². The molecule has 0 aromatic carbocycles. The quantitative estimate of drug-likeness (QED) is 0.627. The Morgan fingerprint density at radius 3 is 0.826 bits per heavy atom. The maximum Gasteiger partial charge on any atom is 6.00 e. The average Bonchev–Trinajstić information content (AvgIpc) is 2.29. The van der Waals surface area contributed by atoms with Crippen molar-refractivity contribution < 1.29 is 82.2 Å². The van der Waals surface area contributed by atoms with Crippen LogP contribution in [-0.2, 0) is 86.1 Å². The average molecular weight is 402 g/mol. The Balaban J connectivity index is -0.0000000417. The summed E-state index contributed by atoms with van der Waals surface area (Å²) in [7, 11) is 0. The Hall–Kier alpha value is -0.915. The molecular formula is C12H14Cr2N2O7. The monoisotopic (exact) mass is 402 g/mol. The fourth-order valence-corrected chi connectivity index (χ4v) is 1.40. The van der Waals surface area contributed by atoms with Crippen LogP contribution in [0.4, 0.5) is 0 Å². The Morgan fingerprint density at radius 2 is 0.609 bits per heavy atom. The summed E-state index contributed by atoms with van der Waals surface area (Å²) >= 11 is 0. The predicted molar refractivity (Wildman–Crippen MR) is 58.1 cm³/mol. The molecule has 0 fully saturated rings. The van der Waals surface area contributed by atoms with Gasteiger partial charge in [-0.1, -0.05) is 12.1 Å². The summed E-state index contributed by atoms with van der Waals surface area (Å²) in [5, 5.41) is 0. The molecule has 0 unspecified atom stereocenters. The molecular weight excluding hydrogens is 388 g/mol. The van der Waals surface area contributed by atoms with E-state index in [4.69, 9.17) is 0 Å². The third-order valence-electron chi connectivity index (χ3n) is 2.17. The summed E-state index contributed by atoms with van der Waals surface area (Å²) < 4.78 is 4.36. The van der Waals surface area contributed by atoms with Crippen molar-refractivity contribution in [2.45, 2.75) is 13.1 Å². The first-order chi connectivity index (χ1) is 6.95. The van der Waals surface area contributed by atoms with Crippen LogP contribution in [-0.4, -0.2) is 0 Å². The van der Waals surface area contributed by atoms with E-state index in [0.29, 0.717) is 0 Å². The molecule has 0 bridgehead atoms. The maximum atomic E-state index is 2.18. The van der Waals surface area contributed by atoms with Gasteiger partial charge in [-0.05, 0) is 0 Å². The molecule has 0 atom stereocenters. The van der Waals surface area contributed by atoms with E-state index in [-0.39, 0.29) is 73.1 Å². The molecule has 0 saturated heterocycles. The van der Waals surface area contributed by atoms with Crippen LogP contribution in [0.25, 0.3) is 0 Å². The summed E-state index contributed by atoms with van der Waals surface area (Å²) in [5.74, 6) is 0. The van der Waals surface area contributed by atoms with E-state index in [1.54, 1.807) is 0 Å². The molecule has 2 aromatic heterocycles. The van der Waals surface area contributed by atoms with Crippen LogP contribution in [0.1, 0.15) is 0 Å². The second-order valence-corrected chi connectivity index (χ2v) is 3.23. The van der Waals surface area contributed by atoms with Crippen LogP contribution in [0.15, 0.2) is 61.2 Å². The largest absolute Gasteiger partial charge is 6.00 e. The molecule has 0 N–H and O–H groups in total. The number of nitrogens with zero attached hydrogens (tertiary/aromatic N) is 2. The Bertz CT molecular complexity index is 360. The number of hydrogen-bond donors (Lipinski definition) is 0. The van der Waals surface area contributed by atoms with Crippen LogP contribution >= 0.6 is 0 Å². The molecule has 9 nitrogen and oxygen atoms in total. The summed E-state index contributed by atoms with van der Waals surface area (Å²) in [6, 6.07) is 12.3. The molecule has 2 rings (SSSR count). The summed E-state index contributed by atoms with van der Waals surface area (Å²) in [5.41, 5.74) is 0. The van der Waals surface area contributed by atoms with Gasteiger partial charge in [-0.25, -0.2) is 0 Å². The third kappa shape index (κ3) is 19.0. The van der Waals surface area contributed by atoms with E-state index in [0.717, 1.165) is 13.1 Å². The van der Waals surface area contributed by atoms with Crippen molar-refractivity contribution in [3.63, 3.8) is 0 Å². The van der Waals surface area contributed by atoms with Gasteiger partial charge in [-0.2, -0.15) is 9.13 Å². The van der Waals surface area contributed by atoms with Gasteiger partial charge in [0.15, 0.2) is 24.8 Å². The van der Waals surface area contributed by atoms with E-state index in [9.17, 15) is 0 Å². The van der Waals surface area contributed by atoms with E-state index in [2.05, 4.69) is 58.2 Å². The van der Waals surface area contributed by atoms with Gasteiger partial charge >= 0.3 is 34.7 Å². The van der Waals surface area contributed by atoms with Crippen LogP contribution < -0.4 is 9.13 Å². The number of pyridine rings is 2. The topological polar surface area (TPSA) is 207 Å². The van der Waals surface area contributed by atoms with E-state index in [1.807, 2.05) is 12.1 Å². The third-order valence-corrected chi connectivity index (χ3v) is 2.17. The van der Waals surface area contributed by atoms with Gasteiger partial charge in [-0.15, -0.1) is 0 Å².